The standard InChI is InChI=1S/C14H12F2IN/c15-14(16)11-5-3-4-10(8-11)9-18-13-7-2-1-6-12(13)17/h1-8,14,18H,9H2. The molecule has 0 aromatic heterocycles. The first-order chi connectivity index (χ1) is 8.66. The van der Waals surface area contributed by atoms with Crippen molar-refractivity contribution >= 4 is 28.3 Å². The number of alkyl halides is 2. The zero-order valence-corrected chi connectivity index (χ0v) is 11.7. The highest BCUT2D eigenvalue weighted by molar-refractivity contribution is 14.1. The molecule has 0 amide bonds. The normalized spacial score (nSPS) is 10.7. The minimum Gasteiger partial charge on any atom is -0.380 e. The lowest BCUT2D eigenvalue weighted by Crippen LogP contribution is -2.01. The lowest BCUT2D eigenvalue weighted by molar-refractivity contribution is 0.151. The summed E-state index contributed by atoms with van der Waals surface area (Å²) in [5.41, 5.74) is 1.94. The van der Waals surface area contributed by atoms with Crippen molar-refractivity contribution in [3.63, 3.8) is 0 Å². The fourth-order valence-corrected chi connectivity index (χ4v) is 2.22. The van der Waals surface area contributed by atoms with Gasteiger partial charge in [0.15, 0.2) is 0 Å². The van der Waals surface area contributed by atoms with Crippen molar-refractivity contribution < 1.29 is 8.78 Å². The second kappa shape index (κ2) is 6.13. The Morgan fingerprint density at radius 1 is 1.06 bits per heavy atom. The molecule has 1 nitrogen and oxygen atoms in total. The van der Waals surface area contributed by atoms with E-state index in [0.29, 0.717) is 6.54 Å². The highest BCUT2D eigenvalue weighted by atomic mass is 127. The van der Waals surface area contributed by atoms with Gasteiger partial charge in [-0.3, -0.25) is 0 Å². The molecule has 18 heavy (non-hydrogen) atoms. The van der Waals surface area contributed by atoms with Crippen LogP contribution >= 0.6 is 22.6 Å². The molecule has 0 saturated heterocycles. The van der Waals surface area contributed by atoms with Crippen molar-refractivity contribution in [3.8, 4) is 0 Å². The number of nitrogens with one attached hydrogen (secondary N) is 1. The molecule has 0 aliphatic heterocycles. The number of hydrogen-bond acceptors (Lipinski definition) is 1. The summed E-state index contributed by atoms with van der Waals surface area (Å²) >= 11 is 2.24. The Labute approximate surface area is 118 Å². The molecular weight excluding hydrogens is 347 g/mol. The van der Waals surface area contributed by atoms with E-state index in [1.807, 2.05) is 30.3 Å². The summed E-state index contributed by atoms with van der Waals surface area (Å²) in [5.74, 6) is 0. The van der Waals surface area contributed by atoms with E-state index in [1.165, 1.54) is 12.1 Å². The van der Waals surface area contributed by atoms with Gasteiger partial charge in [0, 0.05) is 21.4 Å². The maximum absolute atomic E-state index is 12.6. The minimum absolute atomic E-state index is 0.0667. The van der Waals surface area contributed by atoms with E-state index in [0.717, 1.165) is 14.8 Å². The molecule has 0 spiro atoms. The monoisotopic (exact) mass is 359 g/mol. The Kier molecular flexibility index (Phi) is 4.52. The van der Waals surface area contributed by atoms with Gasteiger partial charge in [0.2, 0.25) is 0 Å². The number of rotatable bonds is 4. The first-order valence-corrected chi connectivity index (χ1v) is 6.60. The molecule has 0 unspecified atom stereocenters. The number of benzene rings is 2. The van der Waals surface area contributed by atoms with Crippen LogP contribution in [-0.2, 0) is 6.54 Å². The molecule has 0 aliphatic rings. The van der Waals surface area contributed by atoms with Gasteiger partial charge in [0.25, 0.3) is 6.43 Å². The molecule has 0 atom stereocenters. The molecule has 0 aliphatic carbocycles. The van der Waals surface area contributed by atoms with Gasteiger partial charge in [-0.25, -0.2) is 8.78 Å². The Balaban J connectivity index is 2.07. The van der Waals surface area contributed by atoms with Gasteiger partial charge in [0.05, 0.1) is 0 Å². The number of anilines is 1. The molecule has 2 rings (SSSR count). The van der Waals surface area contributed by atoms with Crippen molar-refractivity contribution in [1.29, 1.82) is 0 Å². The first kappa shape index (κ1) is 13.3. The van der Waals surface area contributed by atoms with Crippen LogP contribution in [0.3, 0.4) is 0 Å². The molecule has 2 aromatic rings. The summed E-state index contributed by atoms with van der Waals surface area (Å²) in [6.07, 6.45) is -2.41. The Morgan fingerprint density at radius 3 is 2.56 bits per heavy atom. The topological polar surface area (TPSA) is 12.0 Å². The highest BCUT2D eigenvalue weighted by Crippen LogP contribution is 2.21. The fourth-order valence-electron chi connectivity index (χ4n) is 1.64. The van der Waals surface area contributed by atoms with E-state index < -0.39 is 6.43 Å². The predicted octanol–water partition coefficient (Wildman–Crippen LogP) is 4.84. The first-order valence-electron chi connectivity index (χ1n) is 5.52. The van der Waals surface area contributed by atoms with Gasteiger partial charge in [-0.05, 0) is 46.4 Å². The van der Waals surface area contributed by atoms with E-state index in [2.05, 4.69) is 27.9 Å². The van der Waals surface area contributed by atoms with E-state index in [4.69, 9.17) is 0 Å². The second-order valence-corrected chi connectivity index (χ2v) is 5.04. The molecule has 94 valence electrons. The van der Waals surface area contributed by atoms with Crippen molar-refractivity contribution in [2.45, 2.75) is 13.0 Å². The van der Waals surface area contributed by atoms with Crippen molar-refractivity contribution in [3.05, 3.63) is 63.2 Å². The van der Waals surface area contributed by atoms with Gasteiger partial charge in [0.1, 0.15) is 0 Å². The summed E-state index contributed by atoms with van der Waals surface area (Å²) in [6.45, 7) is 0.542. The van der Waals surface area contributed by atoms with Crippen molar-refractivity contribution in [2.75, 3.05) is 5.32 Å². The molecule has 0 fully saturated rings. The van der Waals surface area contributed by atoms with Crippen LogP contribution < -0.4 is 5.32 Å². The quantitative estimate of drug-likeness (QED) is 0.771. The average Bonchev–Trinajstić information content (AvgIpc) is 2.38. The Hall–Kier alpha value is -1.17. The highest BCUT2D eigenvalue weighted by Gasteiger charge is 2.07. The third-order valence-corrected chi connectivity index (χ3v) is 3.50. The van der Waals surface area contributed by atoms with Crippen molar-refractivity contribution in [1.82, 2.24) is 0 Å². The molecule has 0 heterocycles. The number of halogens is 3. The van der Waals surface area contributed by atoms with Crippen LogP contribution in [0, 0.1) is 3.57 Å². The summed E-state index contributed by atoms with van der Waals surface area (Å²) in [4.78, 5) is 0. The lowest BCUT2D eigenvalue weighted by atomic mass is 10.1. The summed E-state index contributed by atoms with van der Waals surface area (Å²) in [7, 11) is 0. The van der Waals surface area contributed by atoms with Crippen LogP contribution in [0.4, 0.5) is 14.5 Å². The van der Waals surface area contributed by atoms with Gasteiger partial charge >= 0.3 is 0 Å². The number of para-hydroxylation sites is 1. The van der Waals surface area contributed by atoms with Crippen molar-refractivity contribution in [2.24, 2.45) is 0 Å². The summed E-state index contributed by atoms with van der Waals surface area (Å²) in [6, 6.07) is 14.4. The van der Waals surface area contributed by atoms with Gasteiger partial charge in [-0.1, -0.05) is 30.3 Å². The third kappa shape index (κ3) is 3.41. The van der Waals surface area contributed by atoms with Crippen LogP contribution in [0.15, 0.2) is 48.5 Å². The predicted molar refractivity (Wildman–Crippen MR) is 77.9 cm³/mol. The van der Waals surface area contributed by atoms with E-state index in [-0.39, 0.29) is 5.56 Å². The third-order valence-electron chi connectivity index (χ3n) is 2.56. The van der Waals surface area contributed by atoms with E-state index in [9.17, 15) is 8.78 Å². The lowest BCUT2D eigenvalue weighted by Gasteiger charge is -2.09. The van der Waals surface area contributed by atoms with Crippen LogP contribution in [0.25, 0.3) is 0 Å². The second-order valence-electron chi connectivity index (χ2n) is 3.88. The molecule has 0 radical (unpaired) electrons. The molecular formula is C14H12F2IN. The van der Waals surface area contributed by atoms with Gasteiger partial charge in [-0.15, -0.1) is 0 Å². The largest absolute Gasteiger partial charge is 0.380 e. The summed E-state index contributed by atoms with van der Waals surface area (Å²) < 4.78 is 26.2. The molecule has 0 bridgehead atoms. The molecule has 1 N–H and O–H groups in total. The summed E-state index contributed by atoms with van der Waals surface area (Å²) in [5, 5.41) is 3.24. The number of hydrogen-bond donors (Lipinski definition) is 1. The van der Waals surface area contributed by atoms with Crippen LogP contribution in [0.5, 0.6) is 0 Å². The van der Waals surface area contributed by atoms with Gasteiger partial charge in [-0.2, -0.15) is 0 Å². The van der Waals surface area contributed by atoms with Crippen LogP contribution in [-0.4, -0.2) is 0 Å². The average molecular weight is 359 g/mol. The SMILES string of the molecule is FC(F)c1cccc(CNc2ccccc2I)c1. The van der Waals surface area contributed by atoms with Crippen LogP contribution in [0.1, 0.15) is 17.6 Å². The Morgan fingerprint density at radius 2 is 1.83 bits per heavy atom. The Bertz CT molecular complexity index is 529. The maximum Gasteiger partial charge on any atom is 0.263 e. The minimum atomic E-state index is -2.41. The fraction of sp³-hybridized carbons (Fsp3) is 0.143. The zero-order chi connectivity index (χ0) is 13.0. The zero-order valence-electron chi connectivity index (χ0n) is 9.54. The van der Waals surface area contributed by atoms with E-state index in [1.54, 1.807) is 6.07 Å². The van der Waals surface area contributed by atoms with Gasteiger partial charge < -0.3 is 5.32 Å². The molecule has 0 saturated carbocycles. The maximum atomic E-state index is 12.6. The van der Waals surface area contributed by atoms with Crippen LogP contribution in [0.2, 0.25) is 0 Å². The molecule has 4 heteroatoms. The molecule has 2 aromatic carbocycles. The van der Waals surface area contributed by atoms with E-state index >= 15 is 0 Å². The smallest absolute Gasteiger partial charge is 0.263 e.